The molecule has 0 bridgehead atoms. The van der Waals surface area contributed by atoms with E-state index in [9.17, 15) is 4.79 Å². The number of rotatable bonds is 3. The molecule has 2 rings (SSSR count). The Morgan fingerprint density at radius 2 is 2.00 bits per heavy atom. The molecule has 1 aliphatic carbocycles. The summed E-state index contributed by atoms with van der Waals surface area (Å²) in [5, 5.41) is 7.30. The summed E-state index contributed by atoms with van der Waals surface area (Å²) in [6, 6.07) is 0.325. The first-order valence-electron chi connectivity index (χ1n) is 7.73. The standard InChI is InChI=1S/C16H27N3O/c1-5-19-11-12(10-17-19)15(20)18-14-8-6-13(7-9-14)16(2,3)4/h10-11,13-14H,5-9H2,1-4H3,(H,18,20). The largest absolute Gasteiger partial charge is 0.349 e. The molecule has 1 aliphatic rings. The molecule has 1 aromatic rings. The number of amides is 1. The molecule has 1 aromatic heterocycles. The molecule has 0 saturated heterocycles. The van der Waals surface area contributed by atoms with Crippen molar-refractivity contribution in [2.45, 2.75) is 66.0 Å². The van der Waals surface area contributed by atoms with Crippen LogP contribution in [0.5, 0.6) is 0 Å². The van der Waals surface area contributed by atoms with Gasteiger partial charge >= 0.3 is 0 Å². The lowest BCUT2D eigenvalue weighted by atomic mass is 9.71. The monoisotopic (exact) mass is 277 g/mol. The summed E-state index contributed by atoms with van der Waals surface area (Å²) in [6.45, 7) is 9.76. The van der Waals surface area contributed by atoms with Crippen molar-refractivity contribution in [3.05, 3.63) is 18.0 Å². The molecular formula is C16H27N3O. The maximum Gasteiger partial charge on any atom is 0.254 e. The van der Waals surface area contributed by atoms with Gasteiger partial charge in [0.2, 0.25) is 0 Å². The highest BCUT2D eigenvalue weighted by atomic mass is 16.1. The van der Waals surface area contributed by atoms with Crippen molar-refractivity contribution in [1.29, 1.82) is 0 Å². The Hall–Kier alpha value is -1.32. The van der Waals surface area contributed by atoms with Gasteiger partial charge in [-0.05, 0) is 43.9 Å². The number of hydrogen-bond donors (Lipinski definition) is 1. The highest BCUT2D eigenvalue weighted by Crippen LogP contribution is 2.37. The fourth-order valence-electron chi connectivity index (χ4n) is 3.03. The molecule has 4 nitrogen and oxygen atoms in total. The number of nitrogens with zero attached hydrogens (tertiary/aromatic N) is 2. The second-order valence-electron chi connectivity index (χ2n) is 6.97. The Morgan fingerprint density at radius 3 is 2.50 bits per heavy atom. The van der Waals surface area contributed by atoms with Crippen molar-refractivity contribution in [3.63, 3.8) is 0 Å². The van der Waals surface area contributed by atoms with Gasteiger partial charge in [0.15, 0.2) is 0 Å². The number of aryl methyl sites for hydroxylation is 1. The molecule has 0 atom stereocenters. The average molecular weight is 277 g/mol. The van der Waals surface area contributed by atoms with Gasteiger partial charge in [0, 0.05) is 18.8 Å². The molecule has 0 aromatic carbocycles. The van der Waals surface area contributed by atoms with Crippen LogP contribution in [-0.2, 0) is 6.54 Å². The van der Waals surface area contributed by atoms with E-state index in [1.165, 1.54) is 12.8 Å². The zero-order valence-corrected chi connectivity index (χ0v) is 13.1. The Morgan fingerprint density at radius 1 is 1.35 bits per heavy atom. The highest BCUT2D eigenvalue weighted by Gasteiger charge is 2.30. The van der Waals surface area contributed by atoms with Crippen LogP contribution < -0.4 is 5.32 Å². The fourth-order valence-corrected chi connectivity index (χ4v) is 3.03. The van der Waals surface area contributed by atoms with E-state index in [-0.39, 0.29) is 5.91 Å². The van der Waals surface area contributed by atoms with Gasteiger partial charge < -0.3 is 5.32 Å². The predicted octanol–water partition coefficient (Wildman–Crippen LogP) is 3.24. The van der Waals surface area contributed by atoms with Crippen LogP contribution in [0.4, 0.5) is 0 Å². The van der Waals surface area contributed by atoms with Crippen molar-refractivity contribution in [1.82, 2.24) is 15.1 Å². The number of hydrogen-bond acceptors (Lipinski definition) is 2. The van der Waals surface area contributed by atoms with Crippen molar-refractivity contribution >= 4 is 5.91 Å². The molecule has 4 heteroatoms. The number of carbonyl (C=O) groups is 1. The molecule has 1 amide bonds. The fraction of sp³-hybridized carbons (Fsp3) is 0.750. The molecule has 20 heavy (non-hydrogen) atoms. The molecule has 1 fully saturated rings. The maximum atomic E-state index is 12.2. The maximum absolute atomic E-state index is 12.2. The first kappa shape index (κ1) is 15.1. The molecule has 1 heterocycles. The summed E-state index contributed by atoms with van der Waals surface area (Å²) in [7, 11) is 0. The van der Waals surface area contributed by atoms with Gasteiger partial charge in [-0.25, -0.2) is 0 Å². The zero-order valence-electron chi connectivity index (χ0n) is 13.1. The Labute approximate surface area is 121 Å². The van der Waals surface area contributed by atoms with Crippen LogP contribution in [0, 0.1) is 11.3 Å². The Kier molecular flexibility index (Phi) is 4.51. The molecule has 112 valence electrons. The highest BCUT2D eigenvalue weighted by molar-refractivity contribution is 5.93. The minimum absolute atomic E-state index is 0.0175. The summed E-state index contributed by atoms with van der Waals surface area (Å²) in [5.74, 6) is 0.794. The molecular weight excluding hydrogens is 250 g/mol. The van der Waals surface area contributed by atoms with Gasteiger partial charge in [0.1, 0.15) is 0 Å². The first-order chi connectivity index (χ1) is 9.40. The third-order valence-corrected chi connectivity index (χ3v) is 4.51. The first-order valence-corrected chi connectivity index (χ1v) is 7.73. The molecule has 0 aliphatic heterocycles. The summed E-state index contributed by atoms with van der Waals surface area (Å²) < 4.78 is 1.78. The lowest BCUT2D eigenvalue weighted by Crippen LogP contribution is -2.39. The molecule has 1 N–H and O–H groups in total. The van der Waals surface area contributed by atoms with E-state index in [1.54, 1.807) is 10.9 Å². The SMILES string of the molecule is CCn1cc(C(=O)NC2CCC(C(C)(C)C)CC2)cn1. The Balaban J connectivity index is 1.85. The van der Waals surface area contributed by atoms with Crippen molar-refractivity contribution < 1.29 is 4.79 Å². The number of carbonyl (C=O) groups excluding carboxylic acids is 1. The van der Waals surface area contributed by atoms with E-state index in [2.05, 4.69) is 31.2 Å². The Bertz CT molecular complexity index is 451. The normalized spacial score (nSPS) is 23.6. The van der Waals surface area contributed by atoms with Crippen LogP contribution in [-0.4, -0.2) is 21.7 Å². The summed E-state index contributed by atoms with van der Waals surface area (Å²) >= 11 is 0. The van der Waals surface area contributed by atoms with Crippen LogP contribution in [0.25, 0.3) is 0 Å². The van der Waals surface area contributed by atoms with E-state index in [0.717, 1.165) is 25.3 Å². The number of aromatic nitrogens is 2. The minimum atomic E-state index is 0.0175. The second-order valence-corrected chi connectivity index (χ2v) is 6.97. The third kappa shape index (κ3) is 3.62. The van der Waals surface area contributed by atoms with Gasteiger partial charge in [-0.3, -0.25) is 9.48 Å². The van der Waals surface area contributed by atoms with Crippen molar-refractivity contribution in [3.8, 4) is 0 Å². The van der Waals surface area contributed by atoms with E-state index < -0.39 is 0 Å². The second kappa shape index (κ2) is 5.98. The minimum Gasteiger partial charge on any atom is -0.349 e. The van der Waals surface area contributed by atoms with E-state index in [1.807, 2.05) is 13.1 Å². The lowest BCUT2D eigenvalue weighted by Gasteiger charge is -2.37. The summed E-state index contributed by atoms with van der Waals surface area (Å²) in [6.07, 6.45) is 8.08. The zero-order chi connectivity index (χ0) is 14.8. The van der Waals surface area contributed by atoms with Gasteiger partial charge in [0.25, 0.3) is 5.91 Å². The molecule has 0 radical (unpaired) electrons. The summed E-state index contributed by atoms with van der Waals surface area (Å²) in [4.78, 5) is 12.2. The molecule has 0 unspecified atom stereocenters. The predicted molar refractivity (Wildman–Crippen MR) is 80.6 cm³/mol. The van der Waals surface area contributed by atoms with Crippen LogP contribution >= 0.6 is 0 Å². The van der Waals surface area contributed by atoms with Gasteiger partial charge in [-0.1, -0.05) is 20.8 Å². The van der Waals surface area contributed by atoms with E-state index in [0.29, 0.717) is 17.0 Å². The average Bonchev–Trinajstić information content (AvgIpc) is 2.87. The van der Waals surface area contributed by atoms with Gasteiger partial charge in [-0.15, -0.1) is 0 Å². The summed E-state index contributed by atoms with van der Waals surface area (Å²) in [5.41, 5.74) is 1.06. The smallest absolute Gasteiger partial charge is 0.254 e. The van der Waals surface area contributed by atoms with E-state index >= 15 is 0 Å². The van der Waals surface area contributed by atoms with Crippen molar-refractivity contribution in [2.24, 2.45) is 11.3 Å². The van der Waals surface area contributed by atoms with Crippen LogP contribution in [0.2, 0.25) is 0 Å². The number of nitrogens with one attached hydrogen (secondary N) is 1. The van der Waals surface area contributed by atoms with Crippen molar-refractivity contribution in [2.75, 3.05) is 0 Å². The van der Waals surface area contributed by atoms with Gasteiger partial charge in [0.05, 0.1) is 11.8 Å². The topological polar surface area (TPSA) is 46.9 Å². The molecule has 1 saturated carbocycles. The van der Waals surface area contributed by atoms with E-state index in [4.69, 9.17) is 0 Å². The quantitative estimate of drug-likeness (QED) is 0.922. The van der Waals surface area contributed by atoms with Gasteiger partial charge in [-0.2, -0.15) is 5.10 Å². The van der Waals surface area contributed by atoms with Crippen LogP contribution in [0.1, 0.15) is 63.7 Å². The van der Waals surface area contributed by atoms with Crippen LogP contribution in [0.15, 0.2) is 12.4 Å². The third-order valence-electron chi connectivity index (χ3n) is 4.51. The van der Waals surface area contributed by atoms with Crippen LogP contribution in [0.3, 0.4) is 0 Å². The molecule has 0 spiro atoms. The lowest BCUT2D eigenvalue weighted by molar-refractivity contribution is 0.0904.